The van der Waals surface area contributed by atoms with E-state index in [-0.39, 0.29) is 11.7 Å². The first-order valence-corrected chi connectivity index (χ1v) is 10.1. The molecule has 0 unspecified atom stereocenters. The molecule has 0 aliphatic carbocycles. The number of benzene rings is 2. The monoisotopic (exact) mass is 433 g/mol. The van der Waals surface area contributed by atoms with E-state index >= 15 is 0 Å². The van der Waals surface area contributed by atoms with Gasteiger partial charge in [-0.3, -0.25) is 9.78 Å². The molecular weight excluding hydrogens is 414 g/mol. The Balaban J connectivity index is 1.35. The molecule has 156 valence electrons. The van der Waals surface area contributed by atoms with E-state index < -0.39 is 0 Å². The largest absolute Gasteiger partial charge is 0.487 e. The van der Waals surface area contributed by atoms with Crippen LogP contribution in [0.15, 0.2) is 72.9 Å². The number of carbonyl (C=O) groups excluding carboxylic acids is 1. The highest BCUT2D eigenvalue weighted by atomic mass is 35.5. The van der Waals surface area contributed by atoms with Crippen LogP contribution in [0.4, 0.5) is 0 Å². The van der Waals surface area contributed by atoms with Crippen LogP contribution in [-0.2, 0) is 13.2 Å². The number of pyridine rings is 1. The van der Waals surface area contributed by atoms with Crippen LogP contribution in [0, 0.1) is 6.92 Å². The first-order valence-electron chi connectivity index (χ1n) is 9.68. The molecule has 8 heteroatoms. The quantitative estimate of drug-likeness (QED) is 0.473. The van der Waals surface area contributed by atoms with E-state index in [1.807, 2.05) is 60.7 Å². The fourth-order valence-electron chi connectivity index (χ4n) is 2.94. The van der Waals surface area contributed by atoms with Crippen LogP contribution < -0.4 is 10.1 Å². The molecule has 0 atom stereocenters. The van der Waals surface area contributed by atoms with Gasteiger partial charge in [0.1, 0.15) is 18.2 Å². The summed E-state index contributed by atoms with van der Waals surface area (Å²) in [4.78, 5) is 21.0. The molecule has 0 bridgehead atoms. The van der Waals surface area contributed by atoms with Crippen LogP contribution in [0.2, 0.25) is 5.02 Å². The van der Waals surface area contributed by atoms with Crippen molar-refractivity contribution in [2.45, 2.75) is 20.1 Å². The maximum absolute atomic E-state index is 12.5. The molecular formula is C23H20ClN5O2. The van der Waals surface area contributed by atoms with Crippen LogP contribution >= 0.6 is 11.6 Å². The number of hydrogen-bond donors (Lipinski definition) is 1. The zero-order valence-electron chi connectivity index (χ0n) is 16.8. The zero-order valence-corrected chi connectivity index (χ0v) is 17.6. The van der Waals surface area contributed by atoms with Gasteiger partial charge in [-0.2, -0.15) is 0 Å². The van der Waals surface area contributed by atoms with Crippen molar-refractivity contribution < 1.29 is 9.53 Å². The first kappa shape index (κ1) is 20.6. The summed E-state index contributed by atoms with van der Waals surface area (Å²) in [7, 11) is 0. The molecule has 7 nitrogen and oxygen atoms in total. The minimum absolute atomic E-state index is 0.0905. The highest BCUT2D eigenvalue weighted by molar-refractivity contribution is 6.32. The van der Waals surface area contributed by atoms with E-state index in [9.17, 15) is 4.79 Å². The Hall–Kier alpha value is -3.71. The summed E-state index contributed by atoms with van der Waals surface area (Å²) in [6.45, 7) is 2.52. The van der Waals surface area contributed by atoms with Crippen molar-refractivity contribution in [1.29, 1.82) is 0 Å². The second-order valence-corrected chi connectivity index (χ2v) is 7.19. The average Bonchev–Trinajstić information content (AvgIpc) is 3.19. The van der Waals surface area contributed by atoms with Gasteiger partial charge in [-0.1, -0.05) is 41.9 Å². The molecule has 0 radical (unpaired) electrons. The topological polar surface area (TPSA) is 81.9 Å². The van der Waals surface area contributed by atoms with Gasteiger partial charge in [0.2, 0.25) is 5.82 Å². The van der Waals surface area contributed by atoms with Crippen LogP contribution in [0.5, 0.6) is 5.75 Å². The smallest absolute Gasteiger partial charge is 0.291 e. The zero-order chi connectivity index (χ0) is 21.6. The fraction of sp³-hybridized carbons (Fsp3) is 0.130. The number of aryl methyl sites for hydroxylation is 1. The maximum Gasteiger partial charge on any atom is 0.291 e. The first-order chi connectivity index (χ1) is 15.1. The summed E-state index contributed by atoms with van der Waals surface area (Å²) in [6.07, 6.45) is 1.73. The molecule has 4 rings (SSSR count). The third-order valence-electron chi connectivity index (χ3n) is 4.54. The molecule has 1 amide bonds. The van der Waals surface area contributed by atoms with Gasteiger partial charge in [0.05, 0.1) is 16.4 Å². The van der Waals surface area contributed by atoms with E-state index in [0.717, 1.165) is 17.0 Å². The second kappa shape index (κ2) is 9.40. The van der Waals surface area contributed by atoms with Crippen molar-refractivity contribution in [3.63, 3.8) is 0 Å². The van der Waals surface area contributed by atoms with Crippen LogP contribution in [0.25, 0.3) is 5.69 Å². The van der Waals surface area contributed by atoms with Gasteiger partial charge >= 0.3 is 0 Å². The van der Waals surface area contributed by atoms with E-state index in [2.05, 4.69) is 20.4 Å². The molecule has 1 N–H and O–H groups in total. The highest BCUT2D eigenvalue weighted by Gasteiger charge is 2.16. The lowest BCUT2D eigenvalue weighted by molar-refractivity contribution is 0.0940. The number of rotatable bonds is 7. The van der Waals surface area contributed by atoms with Crippen molar-refractivity contribution in [1.82, 2.24) is 25.1 Å². The Bertz CT molecular complexity index is 1180. The molecule has 2 aromatic heterocycles. The molecule has 0 saturated carbocycles. The molecule has 0 aliphatic heterocycles. The molecule has 4 aromatic rings. The normalized spacial score (nSPS) is 10.6. The Labute approximate surface area is 184 Å². The van der Waals surface area contributed by atoms with Gasteiger partial charge in [0.15, 0.2) is 0 Å². The van der Waals surface area contributed by atoms with Gasteiger partial charge in [-0.25, -0.2) is 9.67 Å². The van der Waals surface area contributed by atoms with Crippen LogP contribution in [-0.4, -0.2) is 25.7 Å². The van der Waals surface area contributed by atoms with Gasteiger partial charge in [0.25, 0.3) is 5.91 Å². The van der Waals surface area contributed by atoms with Crippen molar-refractivity contribution in [2.75, 3.05) is 0 Å². The number of nitrogens with one attached hydrogen (secondary N) is 1. The van der Waals surface area contributed by atoms with E-state index in [4.69, 9.17) is 16.3 Å². The molecule has 0 spiro atoms. The van der Waals surface area contributed by atoms with Crippen LogP contribution in [0.1, 0.15) is 27.7 Å². The van der Waals surface area contributed by atoms with E-state index in [1.165, 1.54) is 0 Å². The summed E-state index contributed by atoms with van der Waals surface area (Å²) in [5.74, 6) is 1.04. The van der Waals surface area contributed by atoms with Crippen molar-refractivity contribution in [2.24, 2.45) is 0 Å². The Kier molecular flexibility index (Phi) is 6.24. The van der Waals surface area contributed by atoms with Crippen molar-refractivity contribution in [3.8, 4) is 11.4 Å². The molecule has 31 heavy (non-hydrogen) atoms. The third-order valence-corrected chi connectivity index (χ3v) is 4.86. The number of halogens is 1. The summed E-state index contributed by atoms with van der Waals surface area (Å²) in [6, 6.07) is 20.5. The Morgan fingerprint density at radius 3 is 2.58 bits per heavy atom. The Morgan fingerprint density at radius 1 is 1.06 bits per heavy atom. The summed E-state index contributed by atoms with van der Waals surface area (Å²) >= 11 is 6.23. The van der Waals surface area contributed by atoms with Gasteiger partial charge in [0, 0.05) is 12.7 Å². The fourth-order valence-corrected chi connectivity index (χ4v) is 3.16. The lowest BCUT2D eigenvalue weighted by Crippen LogP contribution is -2.24. The molecule has 2 heterocycles. The van der Waals surface area contributed by atoms with Gasteiger partial charge in [-0.15, -0.1) is 5.10 Å². The average molecular weight is 434 g/mol. The molecule has 2 aromatic carbocycles. The number of carbonyl (C=O) groups is 1. The number of aromatic nitrogens is 4. The SMILES string of the molecule is Cc1nc(C(=O)NCc2ccc(OCc3ccccn3)cc2)nn1-c1ccccc1Cl. The standard InChI is InChI=1S/C23H20ClN5O2/c1-16-27-22(28-29(16)21-8-3-2-7-20(21)24)23(30)26-14-17-9-11-19(12-10-17)31-15-18-6-4-5-13-25-18/h2-13H,14-15H2,1H3,(H,26,30). The number of ether oxygens (including phenoxy) is 1. The van der Waals surface area contributed by atoms with E-state index in [1.54, 1.807) is 23.9 Å². The minimum Gasteiger partial charge on any atom is -0.487 e. The lowest BCUT2D eigenvalue weighted by atomic mass is 10.2. The number of hydrogen-bond acceptors (Lipinski definition) is 5. The number of amides is 1. The highest BCUT2D eigenvalue weighted by Crippen LogP contribution is 2.20. The van der Waals surface area contributed by atoms with E-state index in [0.29, 0.717) is 29.7 Å². The molecule has 0 saturated heterocycles. The minimum atomic E-state index is -0.357. The maximum atomic E-state index is 12.5. The predicted molar refractivity (Wildman–Crippen MR) is 117 cm³/mol. The number of para-hydroxylation sites is 1. The molecule has 0 aliphatic rings. The lowest BCUT2D eigenvalue weighted by Gasteiger charge is -2.07. The van der Waals surface area contributed by atoms with Gasteiger partial charge < -0.3 is 10.1 Å². The molecule has 0 fully saturated rings. The number of nitrogens with zero attached hydrogens (tertiary/aromatic N) is 4. The van der Waals surface area contributed by atoms with Crippen LogP contribution in [0.3, 0.4) is 0 Å². The summed E-state index contributed by atoms with van der Waals surface area (Å²) in [5.41, 5.74) is 2.47. The predicted octanol–water partition coefficient (Wildman–Crippen LogP) is 4.13. The summed E-state index contributed by atoms with van der Waals surface area (Å²) < 4.78 is 7.29. The third kappa shape index (κ3) is 5.07. The van der Waals surface area contributed by atoms with Gasteiger partial charge in [-0.05, 0) is 48.9 Å². The summed E-state index contributed by atoms with van der Waals surface area (Å²) in [5, 5.41) is 7.68. The van der Waals surface area contributed by atoms with Crippen molar-refractivity contribution in [3.05, 3.63) is 101 Å². The Morgan fingerprint density at radius 2 is 1.84 bits per heavy atom. The van der Waals surface area contributed by atoms with Crippen molar-refractivity contribution >= 4 is 17.5 Å². The second-order valence-electron chi connectivity index (χ2n) is 6.78.